The normalized spacial score (nSPS) is 18.7. The van der Waals surface area contributed by atoms with E-state index in [0.29, 0.717) is 11.3 Å². The molecule has 1 aromatic heterocycles. The van der Waals surface area contributed by atoms with Crippen LogP contribution in [0.2, 0.25) is 0 Å². The molecular formula is C31H30N2O8. The van der Waals surface area contributed by atoms with Crippen molar-refractivity contribution in [1.82, 2.24) is 9.55 Å². The molecule has 10 nitrogen and oxygen atoms in total. The second-order valence-corrected chi connectivity index (χ2v) is 9.84. The number of hydrogen-bond acceptors (Lipinski definition) is 7. The molecule has 0 saturated carbocycles. The van der Waals surface area contributed by atoms with Gasteiger partial charge < -0.3 is 24.4 Å². The standard InChI is InChI=1S/C31H30N2O8/c1-20-17-33(30(38)32-29(20)37)27-16-25(34)26(41-27)18-40-31(21-8-4-2-5-9-21,22-10-6-3-7-11-22)23-12-14-24(15-13-23)39-19-28(35)36/h2-15,17,25-27,34H,16,18-19H2,1H3,(H,35,36)(H,32,37,38)/t25-,26+,27+/m1/s1. The van der Waals surface area contributed by atoms with Crippen LogP contribution in [0.3, 0.4) is 0 Å². The van der Waals surface area contributed by atoms with Crippen molar-refractivity contribution in [2.24, 2.45) is 0 Å². The third kappa shape index (κ3) is 5.85. The number of nitrogens with zero attached hydrogens (tertiary/aromatic N) is 1. The predicted molar refractivity (Wildman–Crippen MR) is 149 cm³/mol. The highest BCUT2D eigenvalue weighted by molar-refractivity contribution is 5.68. The molecule has 0 unspecified atom stereocenters. The molecule has 41 heavy (non-hydrogen) atoms. The van der Waals surface area contributed by atoms with Crippen molar-refractivity contribution < 1.29 is 29.2 Å². The fourth-order valence-corrected chi connectivity index (χ4v) is 5.07. The summed E-state index contributed by atoms with van der Waals surface area (Å²) in [5, 5.41) is 19.9. The van der Waals surface area contributed by atoms with Crippen molar-refractivity contribution in [2.75, 3.05) is 13.2 Å². The van der Waals surface area contributed by atoms with Gasteiger partial charge in [0.25, 0.3) is 5.56 Å². The number of nitrogens with one attached hydrogen (secondary N) is 1. The van der Waals surface area contributed by atoms with Crippen LogP contribution in [0.4, 0.5) is 0 Å². The lowest BCUT2D eigenvalue weighted by Crippen LogP contribution is -2.38. The largest absolute Gasteiger partial charge is 0.482 e. The number of H-pyrrole nitrogens is 1. The molecule has 5 rings (SSSR count). The molecule has 1 fully saturated rings. The Morgan fingerprint density at radius 3 is 2.15 bits per heavy atom. The van der Waals surface area contributed by atoms with Crippen molar-refractivity contribution >= 4 is 5.97 Å². The van der Waals surface area contributed by atoms with Crippen LogP contribution in [0.5, 0.6) is 5.75 Å². The lowest BCUT2D eigenvalue weighted by atomic mass is 9.80. The Labute approximate surface area is 235 Å². The molecule has 212 valence electrons. The summed E-state index contributed by atoms with van der Waals surface area (Å²) in [4.78, 5) is 37.5. The second kappa shape index (κ2) is 11.9. The number of ether oxygens (including phenoxy) is 3. The zero-order chi connectivity index (χ0) is 29.0. The number of aromatic amines is 1. The number of aryl methyl sites for hydroxylation is 1. The van der Waals surface area contributed by atoms with E-state index in [1.54, 1.807) is 19.1 Å². The number of carbonyl (C=O) groups is 1. The number of aromatic nitrogens is 2. The summed E-state index contributed by atoms with van der Waals surface area (Å²) in [6.45, 7) is 1.09. The lowest BCUT2D eigenvalue weighted by molar-refractivity contribution is -0.139. The van der Waals surface area contributed by atoms with Gasteiger partial charge in [-0.15, -0.1) is 0 Å². The van der Waals surface area contributed by atoms with Crippen molar-refractivity contribution in [3.8, 4) is 5.75 Å². The topological polar surface area (TPSA) is 140 Å². The first-order valence-corrected chi connectivity index (χ1v) is 13.1. The Morgan fingerprint density at radius 2 is 1.56 bits per heavy atom. The third-order valence-electron chi connectivity index (χ3n) is 7.11. The Kier molecular flexibility index (Phi) is 8.16. The van der Waals surface area contributed by atoms with E-state index in [4.69, 9.17) is 19.3 Å². The van der Waals surface area contributed by atoms with Gasteiger partial charge in [-0.05, 0) is 35.7 Å². The van der Waals surface area contributed by atoms with Crippen molar-refractivity contribution in [1.29, 1.82) is 0 Å². The smallest absolute Gasteiger partial charge is 0.341 e. The number of aliphatic hydroxyl groups excluding tert-OH is 1. The first-order chi connectivity index (χ1) is 19.8. The first kappa shape index (κ1) is 28.0. The van der Waals surface area contributed by atoms with E-state index >= 15 is 0 Å². The van der Waals surface area contributed by atoms with E-state index in [0.717, 1.165) is 16.7 Å². The monoisotopic (exact) mass is 558 g/mol. The summed E-state index contributed by atoms with van der Waals surface area (Å²) in [6, 6.07) is 26.2. The molecule has 0 radical (unpaired) electrons. The van der Waals surface area contributed by atoms with Gasteiger partial charge in [0, 0.05) is 18.2 Å². The van der Waals surface area contributed by atoms with Crippen LogP contribution in [0, 0.1) is 6.92 Å². The fraction of sp³-hybridized carbons (Fsp3) is 0.258. The van der Waals surface area contributed by atoms with Crippen LogP contribution in [-0.4, -0.2) is 51.2 Å². The van der Waals surface area contributed by atoms with Crippen LogP contribution >= 0.6 is 0 Å². The first-order valence-electron chi connectivity index (χ1n) is 13.1. The van der Waals surface area contributed by atoms with Gasteiger partial charge in [0.1, 0.15) is 23.7 Å². The van der Waals surface area contributed by atoms with E-state index in [-0.39, 0.29) is 13.0 Å². The molecule has 3 N–H and O–H groups in total. The van der Waals surface area contributed by atoms with Crippen molar-refractivity contribution in [2.45, 2.75) is 37.4 Å². The molecule has 10 heteroatoms. The number of carboxylic acid groups (broad SMARTS) is 1. The van der Waals surface area contributed by atoms with Gasteiger partial charge in [-0.25, -0.2) is 9.59 Å². The van der Waals surface area contributed by atoms with E-state index in [9.17, 15) is 19.5 Å². The SMILES string of the molecule is Cc1cn([C@@H]2C[C@@H](O)[C@H](COC(c3ccccc3)(c3ccccc3)c3ccc(OCC(=O)O)cc3)O2)c(=O)[nH]c1=O. The molecule has 3 aromatic carbocycles. The van der Waals surface area contributed by atoms with E-state index in [1.165, 1.54) is 10.8 Å². The van der Waals surface area contributed by atoms with Crippen molar-refractivity contribution in [3.63, 3.8) is 0 Å². The van der Waals surface area contributed by atoms with Crippen molar-refractivity contribution in [3.05, 3.63) is 134 Å². The molecule has 0 spiro atoms. The van der Waals surface area contributed by atoms with Gasteiger partial charge in [-0.3, -0.25) is 14.3 Å². The molecule has 1 saturated heterocycles. The highest BCUT2D eigenvalue weighted by Gasteiger charge is 2.42. The van der Waals surface area contributed by atoms with Crippen LogP contribution in [0.1, 0.15) is 34.9 Å². The number of aliphatic hydroxyl groups is 1. The molecule has 3 atom stereocenters. The van der Waals surface area contributed by atoms with E-state index < -0.39 is 47.9 Å². The number of hydrogen-bond donors (Lipinski definition) is 3. The Morgan fingerprint density at radius 1 is 0.976 bits per heavy atom. The zero-order valence-electron chi connectivity index (χ0n) is 22.3. The summed E-state index contributed by atoms with van der Waals surface area (Å²) < 4.78 is 19.5. The maximum absolute atomic E-state index is 12.4. The Hall–Kier alpha value is -4.51. The summed E-state index contributed by atoms with van der Waals surface area (Å²) in [5.41, 5.74) is 0.510. The van der Waals surface area contributed by atoms with Gasteiger partial charge in [0.05, 0.1) is 12.7 Å². The van der Waals surface area contributed by atoms with Gasteiger partial charge in [0.2, 0.25) is 0 Å². The fourth-order valence-electron chi connectivity index (χ4n) is 5.07. The quantitative estimate of drug-likeness (QED) is 0.253. The summed E-state index contributed by atoms with van der Waals surface area (Å²) in [6.07, 6.45) is -0.929. The molecule has 0 bridgehead atoms. The molecule has 0 aliphatic carbocycles. The summed E-state index contributed by atoms with van der Waals surface area (Å²) >= 11 is 0. The average molecular weight is 559 g/mol. The molecular weight excluding hydrogens is 528 g/mol. The van der Waals surface area contributed by atoms with E-state index in [1.807, 2.05) is 72.8 Å². The van der Waals surface area contributed by atoms with Crippen LogP contribution in [0.15, 0.2) is 101 Å². The lowest BCUT2D eigenvalue weighted by Gasteiger charge is -2.37. The maximum Gasteiger partial charge on any atom is 0.341 e. The minimum absolute atomic E-state index is 0.0319. The highest BCUT2D eigenvalue weighted by Crippen LogP contribution is 2.42. The Balaban J connectivity index is 1.50. The van der Waals surface area contributed by atoms with Gasteiger partial charge >= 0.3 is 11.7 Å². The maximum atomic E-state index is 12.4. The van der Waals surface area contributed by atoms with Crippen LogP contribution < -0.4 is 16.0 Å². The Bertz CT molecular complexity index is 1560. The van der Waals surface area contributed by atoms with Gasteiger partial charge in [-0.1, -0.05) is 72.8 Å². The van der Waals surface area contributed by atoms with E-state index in [2.05, 4.69) is 4.98 Å². The average Bonchev–Trinajstić information content (AvgIpc) is 3.35. The second-order valence-electron chi connectivity index (χ2n) is 9.84. The number of rotatable bonds is 10. The summed E-state index contributed by atoms with van der Waals surface area (Å²) in [7, 11) is 0. The third-order valence-corrected chi connectivity index (χ3v) is 7.11. The number of carboxylic acids is 1. The van der Waals surface area contributed by atoms with Crippen LogP contribution in [0.25, 0.3) is 0 Å². The zero-order valence-corrected chi connectivity index (χ0v) is 22.3. The molecule has 0 amide bonds. The molecule has 4 aromatic rings. The molecule has 1 aliphatic rings. The van der Waals surface area contributed by atoms with Gasteiger partial charge in [0.15, 0.2) is 6.61 Å². The highest BCUT2D eigenvalue weighted by atomic mass is 16.6. The summed E-state index contributed by atoms with van der Waals surface area (Å²) in [5.74, 6) is -0.682. The predicted octanol–water partition coefficient (Wildman–Crippen LogP) is 2.97. The minimum Gasteiger partial charge on any atom is -0.482 e. The number of benzene rings is 3. The van der Waals surface area contributed by atoms with Crippen LogP contribution in [-0.2, 0) is 19.9 Å². The van der Waals surface area contributed by atoms with Gasteiger partial charge in [-0.2, -0.15) is 0 Å². The molecule has 2 heterocycles. The minimum atomic E-state index is -1.14. The number of aliphatic carboxylic acids is 1. The molecule has 1 aliphatic heterocycles.